The molecule has 1 atom stereocenters. The van der Waals surface area contributed by atoms with Crippen LogP contribution in [0.3, 0.4) is 0 Å². The van der Waals surface area contributed by atoms with E-state index >= 15 is 0 Å². The number of thioether (sulfide) groups is 1. The minimum absolute atomic E-state index is 0.238. The molecular formula is C33H37N5O3S. The number of anilines is 2. The molecule has 0 bridgehead atoms. The zero-order chi connectivity index (χ0) is 29.5. The van der Waals surface area contributed by atoms with Gasteiger partial charge in [-0.3, -0.25) is 4.79 Å². The van der Waals surface area contributed by atoms with E-state index in [1.165, 1.54) is 5.56 Å². The summed E-state index contributed by atoms with van der Waals surface area (Å²) in [7, 11) is 0. The lowest BCUT2D eigenvalue weighted by Crippen LogP contribution is -2.31. The van der Waals surface area contributed by atoms with E-state index < -0.39 is 6.04 Å². The van der Waals surface area contributed by atoms with Crippen LogP contribution in [-0.4, -0.2) is 33.0 Å². The van der Waals surface area contributed by atoms with Crippen LogP contribution in [0.15, 0.2) is 89.2 Å². The molecule has 42 heavy (non-hydrogen) atoms. The molecule has 1 unspecified atom stereocenters. The maximum absolute atomic E-state index is 13.9. The van der Waals surface area contributed by atoms with Crippen LogP contribution in [0.5, 0.6) is 11.5 Å². The number of carbonyl (C=O) groups is 1. The maximum atomic E-state index is 13.9. The Labute approximate surface area is 251 Å². The van der Waals surface area contributed by atoms with Crippen LogP contribution >= 0.6 is 11.8 Å². The summed E-state index contributed by atoms with van der Waals surface area (Å²) >= 11 is 1.63. The van der Waals surface area contributed by atoms with Gasteiger partial charge in [0.1, 0.15) is 24.1 Å². The van der Waals surface area contributed by atoms with Crippen LogP contribution in [0.25, 0.3) is 0 Å². The van der Waals surface area contributed by atoms with Gasteiger partial charge in [-0.25, -0.2) is 4.68 Å². The number of fused-ring (bicyclic) bond motifs is 1. The van der Waals surface area contributed by atoms with Crippen molar-refractivity contribution >= 4 is 29.3 Å². The Balaban J connectivity index is 1.44. The van der Waals surface area contributed by atoms with Crippen molar-refractivity contribution in [3.05, 3.63) is 101 Å². The number of unbranched alkanes of at least 4 members (excludes halogenated alkanes) is 1. The second-order valence-corrected chi connectivity index (χ2v) is 11.2. The molecule has 1 aliphatic rings. The van der Waals surface area contributed by atoms with E-state index in [2.05, 4.69) is 48.7 Å². The molecule has 2 N–H and O–H groups in total. The first kappa shape index (κ1) is 29.3. The van der Waals surface area contributed by atoms with Gasteiger partial charge in [0.15, 0.2) is 0 Å². The van der Waals surface area contributed by atoms with Crippen LogP contribution < -0.4 is 20.1 Å². The van der Waals surface area contributed by atoms with Crippen molar-refractivity contribution in [2.45, 2.75) is 58.3 Å². The number of nitrogens with one attached hydrogen (secondary N) is 2. The number of nitrogens with zero attached hydrogens (tertiary/aromatic N) is 3. The predicted octanol–water partition coefficient (Wildman–Crippen LogP) is 7.38. The highest BCUT2D eigenvalue weighted by molar-refractivity contribution is 7.99. The van der Waals surface area contributed by atoms with Gasteiger partial charge in [-0.05, 0) is 62.6 Å². The summed E-state index contributed by atoms with van der Waals surface area (Å²) in [4.78, 5) is 18.7. The fourth-order valence-electron chi connectivity index (χ4n) is 4.74. The third-order valence-electron chi connectivity index (χ3n) is 6.96. The molecule has 0 radical (unpaired) electrons. The standard InChI is InChI=1S/C33H37N5O3S/c1-5-7-20-42-33-36-32-34-23(4)29(31(39)35-27-10-8-9-11-28(27)40-6-2)30(38(32)37-33)25-16-18-26(19-17-25)41-21-24-14-12-22(3)13-15-24/h8-19,30H,5-7,20-21H2,1-4H3,(H,35,39)(H,34,36,37). The first-order chi connectivity index (χ1) is 20.5. The number of hydrogen-bond acceptors (Lipinski definition) is 7. The smallest absolute Gasteiger partial charge is 0.255 e. The third kappa shape index (κ3) is 6.79. The Bertz CT molecular complexity index is 1550. The largest absolute Gasteiger partial charge is 0.492 e. The zero-order valence-corrected chi connectivity index (χ0v) is 25.3. The molecular weight excluding hydrogens is 546 g/mol. The Kier molecular flexibility index (Phi) is 9.48. The number of ether oxygens (including phenoxy) is 2. The van der Waals surface area contributed by atoms with Gasteiger partial charge < -0.3 is 20.1 Å². The highest BCUT2D eigenvalue weighted by Gasteiger charge is 2.34. The molecule has 218 valence electrons. The summed E-state index contributed by atoms with van der Waals surface area (Å²) in [6.07, 6.45) is 2.19. The molecule has 1 amide bonds. The van der Waals surface area contributed by atoms with E-state index in [1.54, 1.807) is 11.8 Å². The van der Waals surface area contributed by atoms with Crippen LogP contribution in [-0.2, 0) is 11.4 Å². The number of amides is 1. The second-order valence-electron chi connectivity index (χ2n) is 10.2. The highest BCUT2D eigenvalue weighted by atomic mass is 32.2. The quantitative estimate of drug-likeness (QED) is 0.133. The lowest BCUT2D eigenvalue weighted by molar-refractivity contribution is -0.113. The monoisotopic (exact) mass is 583 g/mol. The molecule has 0 aliphatic carbocycles. The molecule has 5 rings (SSSR count). The summed E-state index contributed by atoms with van der Waals surface area (Å²) in [6, 6.07) is 23.1. The van der Waals surface area contributed by atoms with E-state index in [0.717, 1.165) is 41.2 Å². The molecule has 9 heteroatoms. The fraction of sp³-hybridized carbons (Fsp3) is 0.303. The van der Waals surface area contributed by atoms with Crippen LogP contribution in [0.4, 0.5) is 11.6 Å². The number of aryl methyl sites for hydroxylation is 1. The van der Waals surface area contributed by atoms with Gasteiger partial charge in [0, 0.05) is 11.4 Å². The van der Waals surface area contributed by atoms with Crippen molar-refractivity contribution in [2.75, 3.05) is 23.0 Å². The minimum atomic E-state index is -0.486. The number of allylic oxidation sites excluding steroid dienone is 1. The van der Waals surface area contributed by atoms with Crippen molar-refractivity contribution in [3.63, 3.8) is 0 Å². The summed E-state index contributed by atoms with van der Waals surface area (Å²) in [5.41, 5.74) is 5.11. The van der Waals surface area contributed by atoms with Crippen LogP contribution in [0.1, 0.15) is 56.3 Å². The molecule has 1 aliphatic heterocycles. The lowest BCUT2D eigenvalue weighted by Gasteiger charge is -2.29. The van der Waals surface area contributed by atoms with E-state index in [4.69, 9.17) is 19.6 Å². The van der Waals surface area contributed by atoms with Crippen LogP contribution in [0.2, 0.25) is 0 Å². The topological polar surface area (TPSA) is 90.3 Å². The van der Waals surface area contributed by atoms with E-state index in [0.29, 0.717) is 41.3 Å². The van der Waals surface area contributed by atoms with Gasteiger partial charge in [0.2, 0.25) is 11.1 Å². The minimum Gasteiger partial charge on any atom is -0.492 e. The van der Waals surface area contributed by atoms with E-state index in [-0.39, 0.29) is 5.91 Å². The molecule has 0 saturated heterocycles. The molecule has 0 saturated carbocycles. The number of rotatable bonds is 12. The van der Waals surface area contributed by atoms with Crippen molar-refractivity contribution in [1.29, 1.82) is 0 Å². The predicted molar refractivity (Wildman–Crippen MR) is 168 cm³/mol. The first-order valence-electron chi connectivity index (χ1n) is 14.4. The van der Waals surface area contributed by atoms with E-state index in [9.17, 15) is 4.79 Å². The molecule has 2 heterocycles. The number of aromatic nitrogens is 3. The van der Waals surface area contributed by atoms with Gasteiger partial charge in [0.05, 0.1) is 17.9 Å². The SMILES string of the molecule is CCCCSc1nc2n(n1)C(c1ccc(OCc3ccc(C)cc3)cc1)C(C(=O)Nc1ccccc1OCC)=C(C)N2. The summed E-state index contributed by atoms with van der Waals surface area (Å²) in [5.74, 6) is 2.69. The summed E-state index contributed by atoms with van der Waals surface area (Å²) in [6.45, 7) is 9.03. The van der Waals surface area contributed by atoms with Crippen molar-refractivity contribution < 1.29 is 14.3 Å². The van der Waals surface area contributed by atoms with Gasteiger partial charge in [-0.1, -0.05) is 79.2 Å². The van der Waals surface area contributed by atoms with Crippen molar-refractivity contribution in [3.8, 4) is 11.5 Å². The highest BCUT2D eigenvalue weighted by Crippen LogP contribution is 2.38. The molecule has 0 fully saturated rings. The average molecular weight is 584 g/mol. The number of para-hydroxylation sites is 2. The van der Waals surface area contributed by atoms with Crippen molar-refractivity contribution in [2.24, 2.45) is 0 Å². The van der Waals surface area contributed by atoms with Gasteiger partial charge in [-0.2, -0.15) is 4.98 Å². The molecule has 0 spiro atoms. The molecule has 3 aromatic carbocycles. The number of hydrogen-bond donors (Lipinski definition) is 2. The van der Waals surface area contributed by atoms with Gasteiger partial charge in [-0.15, -0.1) is 5.10 Å². The number of benzene rings is 3. The molecule has 8 nitrogen and oxygen atoms in total. The Morgan fingerprint density at radius 2 is 1.76 bits per heavy atom. The van der Waals surface area contributed by atoms with E-state index in [1.807, 2.05) is 67.1 Å². The Morgan fingerprint density at radius 1 is 1.00 bits per heavy atom. The van der Waals surface area contributed by atoms with Gasteiger partial charge >= 0.3 is 0 Å². The first-order valence-corrected chi connectivity index (χ1v) is 15.3. The summed E-state index contributed by atoms with van der Waals surface area (Å²) in [5, 5.41) is 11.9. The molecule has 1 aromatic heterocycles. The maximum Gasteiger partial charge on any atom is 0.255 e. The fourth-order valence-corrected chi connectivity index (χ4v) is 5.65. The number of carbonyl (C=O) groups excluding carboxylic acids is 1. The molecule has 4 aromatic rings. The zero-order valence-electron chi connectivity index (χ0n) is 24.5. The lowest BCUT2D eigenvalue weighted by atomic mass is 9.95. The summed E-state index contributed by atoms with van der Waals surface area (Å²) < 4.78 is 13.6. The Hall–Kier alpha value is -4.24. The average Bonchev–Trinajstić information content (AvgIpc) is 3.40. The normalized spacial score (nSPS) is 14.2. The third-order valence-corrected chi connectivity index (χ3v) is 7.89. The van der Waals surface area contributed by atoms with Gasteiger partial charge in [0.25, 0.3) is 5.91 Å². The van der Waals surface area contributed by atoms with Crippen molar-refractivity contribution in [1.82, 2.24) is 14.8 Å². The second kappa shape index (κ2) is 13.6. The van der Waals surface area contributed by atoms with Crippen LogP contribution in [0, 0.1) is 6.92 Å². The Morgan fingerprint density at radius 3 is 2.50 bits per heavy atom.